The summed E-state index contributed by atoms with van der Waals surface area (Å²) in [5.41, 5.74) is -1.87. The average Bonchev–Trinajstić information content (AvgIpc) is 3.03. The van der Waals surface area contributed by atoms with Crippen LogP contribution in [-0.2, 0) is 9.53 Å². The van der Waals surface area contributed by atoms with Gasteiger partial charge >= 0.3 is 6.09 Å². The van der Waals surface area contributed by atoms with Crippen LogP contribution in [0.1, 0.15) is 45.1 Å². The van der Waals surface area contributed by atoms with E-state index in [1.54, 1.807) is 39.1 Å². The van der Waals surface area contributed by atoms with Crippen LogP contribution in [0.5, 0.6) is 0 Å². The highest BCUT2D eigenvalue weighted by Crippen LogP contribution is 2.66. The molecule has 1 unspecified atom stereocenters. The lowest BCUT2D eigenvalue weighted by Gasteiger charge is -2.28. The van der Waals surface area contributed by atoms with Crippen LogP contribution in [0, 0.1) is 16.7 Å². The summed E-state index contributed by atoms with van der Waals surface area (Å²) >= 11 is 0. The number of likely N-dealkylation sites (tertiary alicyclic amines) is 1. The van der Waals surface area contributed by atoms with E-state index >= 15 is 0 Å². The van der Waals surface area contributed by atoms with Crippen LogP contribution in [0.25, 0.3) is 10.8 Å². The number of ketones is 1. The topological polar surface area (TPSA) is 83.3 Å². The van der Waals surface area contributed by atoms with Gasteiger partial charge in [-0.05, 0) is 32.6 Å². The molecule has 1 aromatic heterocycles. The molecule has 8 heteroatoms. The number of carbonyl (C=O) groups excluding carboxylic acids is 2. The summed E-state index contributed by atoms with van der Waals surface area (Å²) in [6.45, 7) is 4.73. The normalized spacial score (nSPS) is 25.3. The van der Waals surface area contributed by atoms with Crippen LogP contribution in [0.2, 0.25) is 0 Å². The summed E-state index contributed by atoms with van der Waals surface area (Å²) in [6, 6.07) is 8.04. The minimum atomic E-state index is -2.94. The number of hydrogen-bond donors (Lipinski definition) is 0. The molecule has 0 N–H and O–H groups in total. The molecule has 31 heavy (non-hydrogen) atoms. The lowest BCUT2D eigenvalue weighted by atomic mass is 9.87. The quantitative estimate of drug-likeness (QED) is 0.723. The van der Waals surface area contributed by atoms with Crippen molar-refractivity contribution >= 4 is 22.6 Å². The fourth-order valence-electron chi connectivity index (χ4n) is 4.37. The van der Waals surface area contributed by atoms with Crippen molar-refractivity contribution in [3.63, 3.8) is 0 Å². The first kappa shape index (κ1) is 21.2. The molecule has 1 aliphatic carbocycles. The number of aromatic nitrogens is 1. The zero-order valence-electron chi connectivity index (χ0n) is 17.6. The van der Waals surface area contributed by atoms with Crippen molar-refractivity contribution in [3.8, 4) is 6.07 Å². The molecule has 0 bridgehead atoms. The minimum absolute atomic E-state index is 0.186. The van der Waals surface area contributed by atoms with E-state index in [2.05, 4.69) is 4.98 Å². The standard InChI is InChI=1S/C23H23F2N3O3/c1-21(2,3)31-20(30)28-13-22(12-23(22,24)25)8-18(28)19(29)16(9-26)17-11-27-10-14-6-4-5-7-15(14)17/h4-7,10-11,16,18H,8,12-13H2,1-3H3/t16?,18-,22+/m0/s1. The number of ether oxygens (including phenoxy) is 1. The molecule has 1 amide bonds. The Hall–Kier alpha value is -3.08. The third-order valence-electron chi connectivity index (χ3n) is 6.02. The maximum atomic E-state index is 14.2. The van der Waals surface area contributed by atoms with Crippen molar-refractivity contribution in [2.24, 2.45) is 5.41 Å². The second-order valence-electron chi connectivity index (χ2n) is 9.40. The molecule has 2 aromatic rings. The van der Waals surface area contributed by atoms with Crippen LogP contribution in [0.4, 0.5) is 13.6 Å². The van der Waals surface area contributed by atoms with Gasteiger partial charge in [-0.2, -0.15) is 5.26 Å². The second-order valence-corrected chi connectivity index (χ2v) is 9.40. The molecule has 0 radical (unpaired) electrons. The molecule has 1 saturated carbocycles. The highest BCUT2D eigenvalue weighted by Gasteiger charge is 2.75. The van der Waals surface area contributed by atoms with Crippen molar-refractivity contribution in [2.75, 3.05) is 6.54 Å². The van der Waals surface area contributed by atoms with Gasteiger partial charge in [0.15, 0.2) is 5.78 Å². The van der Waals surface area contributed by atoms with E-state index in [1.165, 1.54) is 6.20 Å². The van der Waals surface area contributed by atoms with Gasteiger partial charge in [0.25, 0.3) is 5.92 Å². The molecular weight excluding hydrogens is 404 g/mol. The van der Waals surface area contributed by atoms with Gasteiger partial charge in [-0.1, -0.05) is 24.3 Å². The van der Waals surface area contributed by atoms with Gasteiger partial charge in [-0.3, -0.25) is 14.7 Å². The monoisotopic (exact) mass is 427 g/mol. The largest absolute Gasteiger partial charge is 0.444 e. The minimum Gasteiger partial charge on any atom is -0.444 e. The highest BCUT2D eigenvalue weighted by atomic mass is 19.3. The van der Waals surface area contributed by atoms with Gasteiger partial charge in [0.05, 0.1) is 17.5 Å². The van der Waals surface area contributed by atoms with Crippen molar-refractivity contribution in [1.82, 2.24) is 9.88 Å². The lowest BCUT2D eigenvalue weighted by molar-refractivity contribution is -0.123. The van der Waals surface area contributed by atoms with E-state index in [1.807, 2.05) is 18.2 Å². The number of halogens is 2. The van der Waals surface area contributed by atoms with E-state index in [0.29, 0.717) is 10.9 Å². The SMILES string of the molecule is CC(C)(C)OC(=O)N1C[C@@]2(C[C@H]1C(=O)C(C#N)c1cncc3ccccc13)CC2(F)F. The van der Waals surface area contributed by atoms with Gasteiger partial charge in [0, 0.05) is 36.3 Å². The number of alkyl halides is 2. The summed E-state index contributed by atoms with van der Waals surface area (Å²) in [4.78, 5) is 31.5. The van der Waals surface area contributed by atoms with E-state index in [4.69, 9.17) is 4.74 Å². The van der Waals surface area contributed by atoms with Gasteiger partial charge in [0.2, 0.25) is 0 Å². The van der Waals surface area contributed by atoms with E-state index in [-0.39, 0.29) is 19.4 Å². The van der Waals surface area contributed by atoms with Crippen molar-refractivity contribution in [2.45, 2.75) is 57.1 Å². The van der Waals surface area contributed by atoms with Crippen molar-refractivity contribution in [3.05, 3.63) is 42.2 Å². The number of carbonyl (C=O) groups is 2. The predicted octanol–water partition coefficient (Wildman–Crippen LogP) is 4.45. The number of fused-ring (bicyclic) bond motifs is 1. The third-order valence-corrected chi connectivity index (χ3v) is 6.02. The molecule has 3 atom stereocenters. The average molecular weight is 427 g/mol. The van der Waals surface area contributed by atoms with Crippen LogP contribution in [0.15, 0.2) is 36.7 Å². The fourth-order valence-corrected chi connectivity index (χ4v) is 4.37. The van der Waals surface area contributed by atoms with Gasteiger partial charge in [0.1, 0.15) is 11.5 Å². The fraction of sp³-hybridized carbons (Fsp3) is 0.478. The number of hydrogen-bond acceptors (Lipinski definition) is 5. The number of rotatable bonds is 3. The summed E-state index contributed by atoms with van der Waals surface area (Å²) < 4.78 is 33.7. The summed E-state index contributed by atoms with van der Waals surface area (Å²) in [6.07, 6.45) is 1.69. The first-order valence-electron chi connectivity index (χ1n) is 10.1. The molecule has 2 aliphatic rings. The van der Waals surface area contributed by atoms with Gasteiger partial charge in [-0.15, -0.1) is 0 Å². The maximum Gasteiger partial charge on any atom is 0.410 e. The van der Waals surface area contributed by atoms with E-state index in [0.717, 1.165) is 10.3 Å². The number of pyridine rings is 1. The molecule has 1 aromatic carbocycles. The summed E-state index contributed by atoms with van der Waals surface area (Å²) in [7, 11) is 0. The van der Waals surface area contributed by atoms with Crippen molar-refractivity contribution in [1.29, 1.82) is 5.26 Å². The molecule has 162 valence electrons. The Balaban J connectivity index is 1.70. The number of benzene rings is 1. The Labute approximate surface area is 178 Å². The Morgan fingerprint density at radius 2 is 1.97 bits per heavy atom. The van der Waals surface area contributed by atoms with Gasteiger partial charge < -0.3 is 4.74 Å². The molecule has 1 aliphatic heterocycles. The number of nitrogens with zero attached hydrogens (tertiary/aromatic N) is 3. The van der Waals surface area contributed by atoms with E-state index in [9.17, 15) is 23.6 Å². The Bertz CT molecular complexity index is 1100. The molecular formula is C23H23F2N3O3. The van der Waals surface area contributed by atoms with Crippen LogP contribution < -0.4 is 0 Å². The Kier molecular flexibility index (Phi) is 4.76. The van der Waals surface area contributed by atoms with Crippen LogP contribution in [0.3, 0.4) is 0 Å². The van der Waals surface area contributed by atoms with Gasteiger partial charge in [-0.25, -0.2) is 13.6 Å². The summed E-state index contributed by atoms with van der Waals surface area (Å²) in [5.74, 6) is -4.77. The highest BCUT2D eigenvalue weighted by molar-refractivity contribution is 5.99. The van der Waals surface area contributed by atoms with Crippen LogP contribution in [-0.4, -0.2) is 45.9 Å². The molecule has 2 heterocycles. The maximum absolute atomic E-state index is 14.2. The zero-order valence-corrected chi connectivity index (χ0v) is 17.6. The molecule has 1 saturated heterocycles. The third kappa shape index (κ3) is 3.62. The lowest BCUT2D eigenvalue weighted by Crippen LogP contribution is -2.44. The number of nitriles is 1. The van der Waals surface area contributed by atoms with Crippen molar-refractivity contribution < 1.29 is 23.1 Å². The first-order valence-corrected chi connectivity index (χ1v) is 10.1. The predicted molar refractivity (Wildman–Crippen MR) is 108 cm³/mol. The second kappa shape index (κ2) is 6.98. The number of Topliss-reactive ketones (excluding diaryl/α,β-unsaturated/α-hetero) is 1. The smallest absolute Gasteiger partial charge is 0.410 e. The zero-order chi connectivity index (χ0) is 22.6. The molecule has 6 nitrogen and oxygen atoms in total. The Morgan fingerprint density at radius 1 is 1.29 bits per heavy atom. The molecule has 2 fully saturated rings. The van der Waals surface area contributed by atoms with E-state index < -0.39 is 40.8 Å². The molecule has 4 rings (SSSR count). The summed E-state index contributed by atoms with van der Waals surface area (Å²) in [5, 5.41) is 11.3. The molecule has 1 spiro atoms. The first-order chi connectivity index (χ1) is 14.5. The van der Waals surface area contributed by atoms with Crippen LogP contribution >= 0.6 is 0 Å². The Morgan fingerprint density at radius 3 is 2.58 bits per heavy atom. The number of amides is 1.